The van der Waals surface area contributed by atoms with Crippen LogP contribution < -0.4 is 0 Å². The van der Waals surface area contributed by atoms with Gasteiger partial charge in [-0.25, -0.2) is 0 Å². The molecule has 1 aliphatic carbocycles. The third kappa shape index (κ3) is 4.85. The van der Waals surface area contributed by atoms with Gasteiger partial charge in [0.05, 0.1) is 0 Å². The first-order valence-electron chi connectivity index (χ1n) is 8.27. The smallest absolute Gasteiger partial charge is 0.112 e. The van der Waals surface area contributed by atoms with E-state index in [0.29, 0.717) is 5.41 Å². The van der Waals surface area contributed by atoms with Crippen molar-refractivity contribution in [3.05, 3.63) is 29.2 Å². The number of aryl methyl sites for hydroxylation is 1. The summed E-state index contributed by atoms with van der Waals surface area (Å²) >= 11 is 0. The SMILES string of the molecule is CC.Cc1cc2c(o1)CC(C)(CCCCC(C)C)C=C2. The highest BCUT2D eigenvalue weighted by Crippen LogP contribution is 2.37. The van der Waals surface area contributed by atoms with Gasteiger partial charge in [-0.1, -0.05) is 66.0 Å². The average molecular weight is 276 g/mol. The van der Waals surface area contributed by atoms with E-state index in [4.69, 9.17) is 4.42 Å². The van der Waals surface area contributed by atoms with Crippen LogP contribution in [0.1, 0.15) is 77.4 Å². The van der Waals surface area contributed by atoms with Crippen LogP contribution in [0, 0.1) is 18.3 Å². The van der Waals surface area contributed by atoms with Crippen LogP contribution in [-0.2, 0) is 6.42 Å². The lowest BCUT2D eigenvalue weighted by molar-refractivity contribution is 0.326. The third-order valence-electron chi connectivity index (χ3n) is 3.97. The lowest BCUT2D eigenvalue weighted by Gasteiger charge is -2.28. The molecule has 1 heterocycles. The molecular formula is C19H32O. The summed E-state index contributed by atoms with van der Waals surface area (Å²) in [7, 11) is 0. The van der Waals surface area contributed by atoms with E-state index in [2.05, 4.69) is 39.0 Å². The standard InChI is InChI=1S/C17H26O.C2H6/c1-13(2)7-5-6-9-17(4)10-8-15-11-14(3)18-16(15)12-17;1-2/h8,10-11,13H,5-7,9,12H2,1-4H3;1-2H3. The van der Waals surface area contributed by atoms with Crippen LogP contribution in [0.4, 0.5) is 0 Å². The van der Waals surface area contributed by atoms with Gasteiger partial charge in [-0.2, -0.15) is 0 Å². The minimum atomic E-state index is 0.300. The van der Waals surface area contributed by atoms with E-state index >= 15 is 0 Å². The molecule has 0 saturated carbocycles. The molecule has 1 aromatic rings. The van der Waals surface area contributed by atoms with Gasteiger partial charge in [0.2, 0.25) is 0 Å². The van der Waals surface area contributed by atoms with E-state index in [1.54, 1.807) is 0 Å². The second-order valence-corrected chi connectivity index (χ2v) is 6.54. The van der Waals surface area contributed by atoms with Crippen LogP contribution in [0.3, 0.4) is 0 Å². The van der Waals surface area contributed by atoms with E-state index in [1.807, 2.05) is 20.8 Å². The molecular weight excluding hydrogens is 244 g/mol. The molecule has 0 aliphatic heterocycles. The Labute approximate surface area is 125 Å². The van der Waals surface area contributed by atoms with E-state index in [9.17, 15) is 0 Å². The normalized spacial score (nSPS) is 20.6. The van der Waals surface area contributed by atoms with Crippen molar-refractivity contribution in [2.75, 3.05) is 0 Å². The van der Waals surface area contributed by atoms with Crippen molar-refractivity contribution < 1.29 is 4.42 Å². The molecule has 114 valence electrons. The molecule has 0 bridgehead atoms. The number of allylic oxidation sites excluding steroid dienone is 1. The van der Waals surface area contributed by atoms with Crippen LogP contribution in [0.2, 0.25) is 0 Å². The van der Waals surface area contributed by atoms with Gasteiger partial charge in [0.1, 0.15) is 11.5 Å². The van der Waals surface area contributed by atoms with Gasteiger partial charge in [-0.3, -0.25) is 0 Å². The van der Waals surface area contributed by atoms with E-state index in [-0.39, 0.29) is 0 Å². The van der Waals surface area contributed by atoms with Crippen molar-refractivity contribution in [1.82, 2.24) is 0 Å². The Morgan fingerprint density at radius 3 is 2.60 bits per heavy atom. The Kier molecular flexibility index (Phi) is 6.58. The molecule has 20 heavy (non-hydrogen) atoms. The Balaban J connectivity index is 0.000000956. The van der Waals surface area contributed by atoms with Crippen molar-refractivity contribution in [2.24, 2.45) is 11.3 Å². The largest absolute Gasteiger partial charge is 0.466 e. The number of fused-ring (bicyclic) bond motifs is 1. The number of hydrogen-bond acceptors (Lipinski definition) is 1. The first-order valence-corrected chi connectivity index (χ1v) is 8.27. The van der Waals surface area contributed by atoms with E-state index in [0.717, 1.165) is 18.1 Å². The molecule has 0 saturated heterocycles. The summed E-state index contributed by atoms with van der Waals surface area (Å²) in [4.78, 5) is 0. The minimum absolute atomic E-state index is 0.300. The number of rotatable bonds is 5. The van der Waals surface area contributed by atoms with Crippen LogP contribution >= 0.6 is 0 Å². The fourth-order valence-electron chi connectivity index (χ4n) is 2.83. The van der Waals surface area contributed by atoms with Gasteiger partial charge >= 0.3 is 0 Å². The molecule has 0 radical (unpaired) electrons. The molecule has 1 unspecified atom stereocenters. The Morgan fingerprint density at radius 2 is 1.95 bits per heavy atom. The third-order valence-corrected chi connectivity index (χ3v) is 3.97. The Hall–Kier alpha value is -0.980. The highest BCUT2D eigenvalue weighted by molar-refractivity contribution is 5.56. The monoisotopic (exact) mass is 276 g/mol. The predicted octanol–water partition coefficient (Wildman–Crippen LogP) is 6.41. The van der Waals surface area contributed by atoms with Gasteiger partial charge in [0.15, 0.2) is 0 Å². The number of hydrogen-bond donors (Lipinski definition) is 0. The summed E-state index contributed by atoms with van der Waals surface area (Å²) in [6.45, 7) is 13.0. The summed E-state index contributed by atoms with van der Waals surface area (Å²) in [5, 5.41) is 0. The average Bonchev–Trinajstić information content (AvgIpc) is 2.76. The fourth-order valence-corrected chi connectivity index (χ4v) is 2.83. The zero-order chi connectivity index (χ0) is 15.2. The molecule has 0 aromatic carbocycles. The number of furan rings is 1. The van der Waals surface area contributed by atoms with Crippen molar-refractivity contribution >= 4 is 6.08 Å². The molecule has 0 fully saturated rings. The predicted molar refractivity (Wildman–Crippen MR) is 88.9 cm³/mol. The second kappa shape index (κ2) is 7.71. The molecule has 2 rings (SSSR count). The van der Waals surface area contributed by atoms with Crippen molar-refractivity contribution in [2.45, 2.75) is 73.6 Å². The lowest BCUT2D eigenvalue weighted by Crippen LogP contribution is -2.19. The maximum absolute atomic E-state index is 5.79. The zero-order valence-corrected chi connectivity index (χ0v) is 14.3. The fraction of sp³-hybridized carbons (Fsp3) is 0.684. The van der Waals surface area contributed by atoms with Crippen LogP contribution in [0.5, 0.6) is 0 Å². The van der Waals surface area contributed by atoms with Gasteiger partial charge < -0.3 is 4.42 Å². The quantitative estimate of drug-likeness (QED) is 0.567. The molecule has 0 amide bonds. The molecule has 1 heteroatoms. The summed E-state index contributed by atoms with van der Waals surface area (Å²) in [6, 6.07) is 2.14. The number of unbranched alkanes of at least 4 members (excludes halogenated alkanes) is 1. The highest BCUT2D eigenvalue weighted by Gasteiger charge is 2.27. The van der Waals surface area contributed by atoms with Gasteiger partial charge in [-0.15, -0.1) is 0 Å². The Bertz CT molecular complexity index is 425. The van der Waals surface area contributed by atoms with Crippen molar-refractivity contribution in [3.8, 4) is 0 Å². The molecule has 0 spiro atoms. The highest BCUT2D eigenvalue weighted by atomic mass is 16.3. The van der Waals surface area contributed by atoms with Crippen molar-refractivity contribution in [1.29, 1.82) is 0 Å². The van der Waals surface area contributed by atoms with Crippen molar-refractivity contribution in [3.63, 3.8) is 0 Å². The molecule has 1 aromatic heterocycles. The minimum Gasteiger partial charge on any atom is -0.466 e. The molecule has 1 atom stereocenters. The topological polar surface area (TPSA) is 13.1 Å². The van der Waals surface area contributed by atoms with E-state index < -0.39 is 0 Å². The molecule has 1 nitrogen and oxygen atoms in total. The van der Waals surface area contributed by atoms with Crippen LogP contribution in [-0.4, -0.2) is 0 Å². The molecule has 1 aliphatic rings. The maximum Gasteiger partial charge on any atom is 0.112 e. The van der Waals surface area contributed by atoms with E-state index in [1.165, 1.54) is 37.0 Å². The summed E-state index contributed by atoms with van der Waals surface area (Å²) < 4.78 is 5.79. The van der Waals surface area contributed by atoms with Crippen LogP contribution in [0.25, 0.3) is 6.08 Å². The maximum atomic E-state index is 5.79. The Morgan fingerprint density at radius 1 is 1.25 bits per heavy atom. The summed E-state index contributed by atoms with van der Waals surface area (Å²) in [5.41, 5.74) is 1.58. The summed E-state index contributed by atoms with van der Waals surface area (Å²) in [6.07, 6.45) is 11.0. The van der Waals surface area contributed by atoms with Gasteiger partial charge in [0, 0.05) is 12.0 Å². The zero-order valence-electron chi connectivity index (χ0n) is 14.3. The van der Waals surface area contributed by atoms with Crippen LogP contribution in [0.15, 0.2) is 16.6 Å². The first kappa shape index (κ1) is 17.1. The second-order valence-electron chi connectivity index (χ2n) is 6.54. The molecule has 0 N–H and O–H groups in total. The van der Waals surface area contributed by atoms with Gasteiger partial charge in [-0.05, 0) is 30.7 Å². The first-order chi connectivity index (χ1) is 9.48. The lowest BCUT2D eigenvalue weighted by atomic mass is 9.77. The van der Waals surface area contributed by atoms with Gasteiger partial charge in [0.25, 0.3) is 0 Å². The summed E-state index contributed by atoms with van der Waals surface area (Å²) in [5.74, 6) is 3.05.